The van der Waals surface area contributed by atoms with E-state index >= 15 is 0 Å². The van der Waals surface area contributed by atoms with Crippen molar-refractivity contribution in [2.45, 2.75) is 27.7 Å². The van der Waals surface area contributed by atoms with Crippen molar-refractivity contribution in [2.24, 2.45) is 5.92 Å². The summed E-state index contributed by atoms with van der Waals surface area (Å²) in [7, 11) is 0. The highest BCUT2D eigenvalue weighted by Gasteiger charge is 2.10. The molecule has 2 nitrogen and oxygen atoms in total. The molecule has 1 rings (SSSR count). The average molecular weight is 197 g/mol. The lowest BCUT2D eigenvalue weighted by Gasteiger charge is -2.01. The maximum Gasteiger partial charge on any atom is 0.183 e. The Morgan fingerprint density at radius 1 is 1.36 bits per heavy atom. The summed E-state index contributed by atoms with van der Waals surface area (Å²) in [5.41, 5.74) is 0.325. The van der Waals surface area contributed by atoms with Gasteiger partial charge in [0.1, 0.15) is 11.5 Å². The summed E-state index contributed by atoms with van der Waals surface area (Å²) in [6.07, 6.45) is 1.05. The molecule has 0 bridgehead atoms. The van der Waals surface area contributed by atoms with Crippen LogP contribution in [0.4, 0.5) is 4.39 Å². The number of halogens is 1. The van der Waals surface area contributed by atoms with Gasteiger partial charge in [-0.25, -0.2) is 4.39 Å². The Morgan fingerprint density at radius 2 is 1.93 bits per heavy atom. The zero-order valence-corrected chi connectivity index (χ0v) is 9.04. The summed E-state index contributed by atoms with van der Waals surface area (Å²) in [5.74, 6) is -0.576. The van der Waals surface area contributed by atoms with E-state index in [2.05, 4.69) is 4.98 Å². The molecule has 0 aliphatic heterocycles. The molecule has 0 atom stereocenters. The predicted octanol–water partition coefficient (Wildman–Crippen LogP) is 3.09. The first-order valence-electron chi connectivity index (χ1n) is 4.77. The van der Waals surface area contributed by atoms with Crippen LogP contribution in [0.1, 0.15) is 38.2 Å². The summed E-state index contributed by atoms with van der Waals surface area (Å²) >= 11 is 0. The van der Waals surface area contributed by atoms with Crippen LogP contribution in [-0.4, -0.2) is 10.8 Å². The Bertz CT molecular complexity index is 280. The molecule has 0 spiro atoms. The fourth-order valence-corrected chi connectivity index (χ4v) is 0.817. The lowest BCUT2D eigenvalue weighted by Crippen LogP contribution is -2.09. The van der Waals surface area contributed by atoms with Crippen molar-refractivity contribution in [3.8, 4) is 0 Å². The molecular formula is C11H16FNO. The molecule has 1 heterocycles. The minimum atomic E-state index is -0.421. The van der Waals surface area contributed by atoms with E-state index in [4.69, 9.17) is 0 Å². The largest absolute Gasteiger partial charge is 0.292 e. The van der Waals surface area contributed by atoms with E-state index in [1.54, 1.807) is 13.8 Å². The number of carbonyl (C=O) groups excluding carboxylic acids is 1. The van der Waals surface area contributed by atoms with Crippen molar-refractivity contribution in [3.63, 3.8) is 0 Å². The van der Waals surface area contributed by atoms with E-state index in [9.17, 15) is 9.18 Å². The van der Waals surface area contributed by atoms with Gasteiger partial charge in [-0.2, -0.15) is 0 Å². The molecular weight excluding hydrogens is 181 g/mol. The number of Topliss-reactive ketones (excluding diaryl/α,β-unsaturated/α-hetero) is 1. The third-order valence-corrected chi connectivity index (χ3v) is 1.50. The maximum absolute atomic E-state index is 12.4. The molecule has 14 heavy (non-hydrogen) atoms. The van der Waals surface area contributed by atoms with Gasteiger partial charge in [0.15, 0.2) is 5.78 Å². The van der Waals surface area contributed by atoms with Crippen molar-refractivity contribution < 1.29 is 9.18 Å². The number of hydrogen-bond donors (Lipinski definition) is 0. The van der Waals surface area contributed by atoms with Crippen LogP contribution in [-0.2, 0) is 0 Å². The van der Waals surface area contributed by atoms with Gasteiger partial charge in [-0.15, -0.1) is 0 Å². The van der Waals surface area contributed by atoms with Crippen LogP contribution < -0.4 is 0 Å². The van der Waals surface area contributed by atoms with Gasteiger partial charge in [0.25, 0.3) is 0 Å². The highest BCUT2D eigenvalue weighted by Crippen LogP contribution is 2.05. The maximum atomic E-state index is 12.4. The molecule has 0 N–H and O–H groups in total. The van der Waals surface area contributed by atoms with Crippen molar-refractivity contribution in [2.75, 3.05) is 0 Å². The summed E-state index contributed by atoms with van der Waals surface area (Å²) in [5, 5.41) is 0. The minimum absolute atomic E-state index is 0.0602. The van der Waals surface area contributed by atoms with E-state index in [-0.39, 0.29) is 11.7 Å². The molecule has 1 aromatic rings. The monoisotopic (exact) mass is 197 g/mol. The van der Waals surface area contributed by atoms with E-state index in [1.165, 1.54) is 12.1 Å². The van der Waals surface area contributed by atoms with Crippen molar-refractivity contribution in [1.82, 2.24) is 4.98 Å². The number of ketones is 1. The number of aromatic nitrogens is 1. The number of hydrogen-bond acceptors (Lipinski definition) is 2. The predicted molar refractivity (Wildman–Crippen MR) is 54.7 cm³/mol. The van der Waals surface area contributed by atoms with Crippen LogP contribution in [0.25, 0.3) is 0 Å². The fraction of sp³-hybridized carbons (Fsp3) is 0.455. The SMILES string of the molecule is CC.CC(C)C(=O)c1ccc(F)cn1. The normalized spacial score (nSPS) is 9.29. The van der Waals surface area contributed by atoms with Crippen LogP contribution in [0.3, 0.4) is 0 Å². The van der Waals surface area contributed by atoms with Crippen molar-refractivity contribution >= 4 is 5.78 Å². The van der Waals surface area contributed by atoms with Crippen LogP contribution in [0.2, 0.25) is 0 Å². The second-order valence-corrected chi connectivity index (χ2v) is 2.88. The van der Waals surface area contributed by atoms with Crippen LogP contribution in [0.5, 0.6) is 0 Å². The second kappa shape index (κ2) is 6.24. The number of pyridine rings is 1. The molecule has 1 aromatic heterocycles. The third kappa shape index (κ3) is 3.64. The van der Waals surface area contributed by atoms with Gasteiger partial charge in [0, 0.05) is 5.92 Å². The van der Waals surface area contributed by atoms with E-state index < -0.39 is 5.82 Å². The van der Waals surface area contributed by atoms with Gasteiger partial charge in [-0.05, 0) is 12.1 Å². The van der Waals surface area contributed by atoms with Crippen LogP contribution in [0.15, 0.2) is 18.3 Å². The Balaban J connectivity index is 0.000000791. The number of rotatable bonds is 2. The Kier molecular flexibility index (Phi) is 5.68. The zero-order chi connectivity index (χ0) is 11.1. The van der Waals surface area contributed by atoms with Gasteiger partial charge >= 0.3 is 0 Å². The quantitative estimate of drug-likeness (QED) is 0.682. The number of carbonyl (C=O) groups is 1. The molecule has 3 heteroatoms. The molecule has 0 unspecified atom stereocenters. The lowest BCUT2D eigenvalue weighted by atomic mass is 10.1. The van der Waals surface area contributed by atoms with Gasteiger partial charge in [0.2, 0.25) is 0 Å². The third-order valence-electron chi connectivity index (χ3n) is 1.50. The molecule has 0 aliphatic rings. The smallest absolute Gasteiger partial charge is 0.183 e. The standard InChI is InChI=1S/C9H10FNO.C2H6/c1-6(2)9(12)8-4-3-7(10)5-11-8;1-2/h3-6H,1-2H3;1-2H3. The Hall–Kier alpha value is -1.25. The molecule has 0 aliphatic carbocycles. The summed E-state index contributed by atoms with van der Waals surface area (Å²) < 4.78 is 12.4. The van der Waals surface area contributed by atoms with E-state index in [1.807, 2.05) is 13.8 Å². The van der Waals surface area contributed by atoms with E-state index in [0.29, 0.717) is 5.69 Å². The fourth-order valence-electron chi connectivity index (χ4n) is 0.817. The Morgan fingerprint density at radius 3 is 2.29 bits per heavy atom. The minimum Gasteiger partial charge on any atom is -0.292 e. The molecule has 0 radical (unpaired) electrons. The van der Waals surface area contributed by atoms with Crippen molar-refractivity contribution in [1.29, 1.82) is 0 Å². The lowest BCUT2D eigenvalue weighted by molar-refractivity contribution is 0.0934. The molecule has 0 aromatic carbocycles. The highest BCUT2D eigenvalue weighted by molar-refractivity contribution is 5.95. The van der Waals surface area contributed by atoms with E-state index in [0.717, 1.165) is 6.20 Å². The summed E-state index contributed by atoms with van der Waals surface area (Å²) in [4.78, 5) is 14.9. The summed E-state index contributed by atoms with van der Waals surface area (Å²) in [6, 6.07) is 2.64. The van der Waals surface area contributed by atoms with Crippen molar-refractivity contribution in [3.05, 3.63) is 29.8 Å². The second-order valence-electron chi connectivity index (χ2n) is 2.88. The van der Waals surface area contributed by atoms with Gasteiger partial charge in [-0.3, -0.25) is 9.78 Å². The first-order chi connectivity index (χ1) is 6.61. The topological polar surface area (TPSA) is 30.0 Å². The molecule has 0 fully saturated rings. The first kappa shape index (κ1) is 12.8. The van der Waals surface area contributed by atoms with Crippen LogP contribution in [0, 0.1) is 11.7 Å². The van der Waals surface area contributed by atoms with Crippen LogP contribution >= 0.6 is 0 Å². The highest BCUT2D eigenvalue weighted by atomic mass is 19.1. The zero-order valence-electron chi connectivity index (χ0n) is 9.04. The molecule has 78 valence electrons. The number of nitrogens with zero attached hydrogens (tertiary/aromatic N) is 1. The van der Waals surface area contributed by atoms with Gasteiger partial charge in [-0.1, -0.05) is 27.7 Å². The van der Waals surface area contributed by atoms with Gasteiger partial charge in [0.05, 0.1) is 6.20 Å². The summed E-state index contributed by atoms with van der Waals surface area (Å²) in [6.45, 7) is 7.57. The average Bonchev–Trinajstić information content (AvgIpc) is 2.21. The first-order valence-corrected chi connectivity index (χ1v) is 4.77. The molecule has 0 saturated carbocycles. The molecule has 0 saturated heterocycles. The molecule has 0 amide bonds. The Labute approximate surface area is 84.2 Å². The van der Waals surface area contributed by atoms with Gasteiger partial charge < -0.3 is 0 Å².